The molecule has 3 aromatic rings. The van der Waals surface area contributed by atoms with Crippen LogP contribution in [0.4, 0.5) is 5.69 Å². The number of benzene rings is 2. The van der Waals surface area contributed by atoms with Crippen molar-refractivity contribution in [3.8, 4) is 11.5 Å². The molecule has 0 bridgehead atoms. The molecule has 0 fully saturated rings. The van der Waals surface area contributed by atoms with Gasteiger partial charge in [0.05, 0.1) is 11.3 Å². The summed E-state index contributed by atoms with van der Waals surface area (Å²) in [6.07, 6.45) is 1.61. The second-order valence-corrected chi connectivity index (χ2v) is 7.83. The fourth-order valence-corrected chi connectivity index (χ4v) is 3.85. The first kappa shape index (κ1) is 20.7. The van der Waals surface area contributed by atoms with Crippen LogP contribution in [0.15, 0.2) is 65.8 Å². The van der Waals surface area contributed by atoms with E-state index >= 15 is 0 Å². The van der Waals surface area contributed by atoms with Gasteiger partial charge < -0.3 is 20.1 Å². The molecular weight excluding hydrogens is 414 g/mol. The van der Waals surface area contributed by atoms with Crippen molar-refractivity contribution >= 4 is 29.3 Å². The van der Waals surface area contributed by atoms with Crippen LogP contribution in [-0.2, 0) is 11.3 Å². The molecule has 158 valence electrons. The lowest BCUT2D eigenvalue weighted by atomic mass is 10.1. The monoisotopic (exact) mass is 435 g/mol. The molecule has 7 nitrogen and oxygen atoms in total. The molecule has 2 amide bonds. The van der Waals surface area contributed by atoms with Crippen molar-refractivity contribution in [1.29, 1.82) is 0 Å². The second kappa shape index (κ2) is 9.53. The molecule has 1 aliphatic rings. The third-order valence-corrected chi connectivity index (χ3v) is 5.72. The highest BCUT2D eigenvalue weighted by molar-refractivity contribution is 8.00. The fourth-order valence-electron chi connectivity index (χ4n) is 3.06. The van der Waals surface area contributed by atoms with Crippen molar-refractivity contribution in [2.75, 3.05) is 17.9 Å². The van der Waals surface area contributed by atoms with Gasteiger partial charge in [0, 0.05) is 24.5 Å². The summed E-state index contributed by atoms with van der Waals surface area (Å²) in [5, 5.41) is 6.25. The summed E-state index contributed by atoms with van der Waals surface area (Å²) < 4.78 is 10.6. The predicted molar refractivity (Wildman–Crippen MR) is 119 cm³/mol. The Kier molecular flexibility index (Phi) is 6.37. The van der Waals surface area contributed by atoms with Gasteiger partial charge in [-0.25, -0.2) is 4.98 Å². The van der Waals surface area contributed by atoms with Crippen LogP contribution in [0, 0.1) is 6.92 Å². The average molecular weight is 436 g/mol. The van der Waals surface area contributed by atoms with E-state index in [4.69, 9.17) is 9.47 Å². The number of carbonyl (C=O) groups is 2. The van der Waals surface area contributed by atoms with Gasteiger partial charge >= 0.3 is 0 Å². The van der Waals surface area contributed by atoms with Crippen LogP contribution in [0.5, 0.6) is 11.5 Å². The molecule has 0 radical (unpaired) electrons. The van der Waals surface area contributed by atoms with Crippen molar-refractivity contribution in [3.63, 3.8) is 0 Å². The summed E-state index contributed by atoms with van der Waals surface area (Å²) >= 11 is 1.21. The van der Waals surface area contributed by atoms with E-state index in [1.165, 1.54) is 11.8 Å². The molecule has 0 unspecified atom stereocenters. The summed E-state index contributed by atoms with van der Waals surface area (Å²) in [7, 11) is 0. The van der Waals surface area contributed by atoms with Crippen LogP contribution in [0.2, 0.25) is 0 Å². The van der Waals surface area contributed by atoms with E-state index in [0.29, 0.717) is 34.3 Å². The first-order valence-corrected chi connectivity index (χ1v) is 10.7. The fraction of sp³-hybridized carbons (Fsp3) is 0.174. The molecule has 0 saturated heterocycles. The lowest BCUT2D eigenvalue weighted by molar-refractivity contribution is -0.113. The number of aryl methyl sites for hydroxylation is 1. The summed E-state index contributed by atoms with van der Waals surface area (Å²) in [4.78, 5) is 29.4. The van der Waals surface area contributed by atoms with Gasteiger partial charge in [-0.05, 0) is 42.3 Å². The lowest BCUT2D eigenvalue weighted by Crippen LogP contribution is -2.24. The minimum atomic E-state index is -0.227. The topological polar surface area (TPSA) is 89.6 Å². The highest BCUT2D eigenvalue weighted by Gasteiger charge is 2.16. The van der Waals surface area contributed by atoms with Crippen LogP contribution in [0.1, 0.15) is 21.5 Å². The molecule has 2 N–H and O–H groups in total. The Balaban J connectivity index is 1.35. The van der Waals surface area contributed by atoms with Crippen molar-refractivity contribution < 1.29 is 19.1 Å². The van der Waals surface area contributed by atoms with Gasteiger partial charge in [-0.2, -0.15) is 0 Å². The quantitative estimate of drug-likeness (QED) is 0.549. The van der Waals surface area contributed by atoms with Crippen LogP contribution in [-0.4, -0.2) is 29.3 Å². The molecule has 1 aromatic heterocycles. The molecule has 31 heavy (non-hydrogen) atoms. The molecule has 2 aromatic carbocycles. The van der Waals surface area contributed by atoms with E-state index in [2.05, 4.69) is 15.6 Å². The summed E-state index contributed by atoms with van der Waals surface area (Å²) in [6, 6.07) is 16.5. The SMILES string of the molecule is Cc1ccccc1CNC(=O)c1cccnc1SCC(=O)Nc1ccc2c(c1)OCO2. The van der Waals surface area contributed by atoms with Crippen molar-refractivity contribution in [3.05, 3.63) is 77.5 Å². The van der Waals surface area contributed by atoms with Gasteiger partial charge in [0.2, 0.25) is 12.7 Å². The van der Waals surface area contributed by atoms with Crippen LogP contribution < -0.4 is 20.1 Å². The van der Waals surface area contributed by atoms with Gasteiger partial charge in [-0.3, -0.25) is 9.59 Å². The number of hydrogen-bond donors (Lipinski definition) is 2. The number of nitrogens with one attached hydrogen (secondary N) is 2. The van der Waals surface area contributed by atoms with Gasteiger partial charge in [-0.1, -0.05) is 36.0 Å². The number of rotatable bonds is 7. The Labute approximate surface area is 184 Å². The van der Waals surface area contributed by atoms with Crippen LogP contribution >= 0.6 is 11.8 Å². The molecule has 4 rings (SSSR count). The third kappa shape index (κ3) is 5.16. The number of aromatic nitrogens is 1. The van der Waals surface area contributed by atoms with E-state index in [-0.39, 0.29) is 24.4 Å². The summed E-state index contributed by atoms with van der Waals surface area (Å²) in [5.74, 6) is 0.935. The molecule has 0 spiro atoms. The maximum Gasteiger partial charge on any atom is 0.254 e. The summed E-state index contributed by atoms with van der Waals surface area (Å²) in [5.41, 5.74) is 3.23. The zero-order valence-corrected chi connectivity index (χ0v) is 17.7. The van der Waals surface area contributed by atoms with Gasteiger partial charge in [0.25, 0.3) is 5.91 Å². The lowest BCUT2D eigenvalue weighted by Gasteiger charge is -2.11. The number of hydrogen-bond acceptors (Lipinski definition) is 6. The van der Waals surface area contributed by atoms with E-state index in [1.54, 1.807) is 36.5 Å². The number of carbonyl (C=O) groups excluding carboxylic acids is 2. The zero-order valence-electron chi connectivity index (χ0n) is 16.9. The third-order valence-electron chi connectivity index (χ3n) is 4.71. The summed E-state index contributed by atoms with van der Waals surface area (Å²) in [6.45, 7) is 2.61. The number of anilines is 1. The molecule has 0 saturated carbocycles. The number of thioether (sulfide) groups is 1. The second-order valence-electron chi connectivity index (χ2n) is 6.87. The van der Waals surface area contributed by atoms with Crippen molar-refractivity contribution in [1.82, 2.24) is 10.3 Å². The highest BCUT2D eigenvalue weighted by atomic mass is 32.2. The maximum atomic E-state index is 12.7. The number of pyridine rings is 1. The van der Waals surface area contributed by atoms with E-state index in [0.717, 1.165) is 11.1 Å². The van der Waals surface area contributed by atoms with Gasteiger partial charge in [0.15, 0.2) is 11.5 Å². The Bertz CT molecular complexity index is 1120. The Morgan fingerprint density at radius 3 is 2.77 bits per heavy atom. The molecule has 0 atom stereocenters. The number of nitrogens with zero attached hydrogens (tertiary/aromatic N) is 1. The zero-order chi connectivity index (χ0) is 21.6. The Morgan fingerprint density at radius 2 is 1.90 bits per heavy atom. The van der Waals surface area contributed by atoms with E-state index < -0.39 is 0 Å². The largest absolute Gasteiger partial charge is 0.454 e. The van der Waals surface area contributed by atoms with Crippen molar-refractivity contribution in [2.45, 2.75) is 18.5 Å². The molecule has 1 aliphatic heterocycles. The molecule has 8 heteroatoms. The normalized spacial score (nSPS) is 11.8. The van der Waals surface area contributed by atoms with Crippen LogP contribution in [0.3, 0.4) is 0 Å². The Hall–Kier alpha value is -3.52. The first-order chi connectivity index (χ1) is 15.1. The standard InChI is InChI=1S/C23H21N3O4S/c1-15-5-2-3-6-16(15)12-25-22(28)18-7-4-10-24-23(18)31-13-21(27)26-17-8-9-19-20(11-17)30-14-29-19/h2-11H,12-14H2,1H3,(H,25,28)(H,26,27). The minimum absolute atomic E-state index is 0.115. The smallest absolute Gasteiger partial charge is 0.254 e. The number of amides is 2. The molecule has 2 heterocycles. The number of ether oxygens (including phenoxy) is 2. The number of fused-ring (bicyclic) bond motifs is 1. The molecular formula is C23H21N3O4S. The van der Waals surface area contributed by atoms with E-state index in [1.807, 2.05) is 31.2 Å². The van der Waals surface area contributed by atoms with Gasteiger partial charge in [-0.15, -0.1) is 0 Å². The predicted octanol–water partition coefficient (Wildman–Crippen LogP) is 3.78. The minimum Gasteiger partial charge on any atom is -0.454 e. The van der Waals surface area contributed by atoms with Gasteiger partial charge in [0.1, 0.15) is 5.03 Å². The first-order valence-electron chi connectivity index (χ1n) is 9.70. The van der Waals surface area contributed by atoms with Crippen molar-refractivity contribution in [2.24, 2.45) is 0 Å². The average Bonchev–Trinajstić information content (AvgIpc) is 3.25. The highest BCUT2D eigenvalue weighted by Crippen LogP contribution is 2.34. The van der Waals surface area contributed by atoms with Crippen LogP contribution in [0.25, 0.3) is 0 Å². The van der Waals surface area contributed by atoms with E-state index in [9.17, 15) is 9.59 Å². The Morgan fingerprint density at radius 1 is 1.06 bits per heavy atom. The molecule has 0 aliphatic carbocycles. The maximum absolute atomic E-state index is 12.7.